The van der Waals surface area contributed by atoms with Gasteiger partial charge in [0.1, 0.15) is 17.9 Å². The van der Waals surface area contributed by atoms with Gasteiger partial charge in [0, 0.05) is 24.4 Å². The van der Waals surface area contributed by atoms with Crippen LogP contribution in [0.3, 0.4) is 0 Å². The Morgan fingerprint density at radius 2 is 2.07 bits per heavy atom. The van der Waals surface area contributed by atoms with E-state index in [1.807, 2.05) is 0 Å². The van der Waals surface area contributed by atoms with Gasteiger partial charge in [-0.15, -0.1) is 0 Å². The molecule has 146 valence electrons. The number of benzene rings is 1. The molecular weight excluding hydrogens is 375 g/mol. The van der Waals surface area contributed by atoms with Crippen LogP contribution in [0.2, 0.25) is 0 Å². The zero-order valence-electron chi connectivity index (χ0n) is 14.5. The number of ether oxygens (including phenoxy) is 2. The molecule has 0 spiro atoms. The van der Waals surface area contributed by atoms with Crippen molar-refractivity contribution in [2.24, 2.45) is 0 Å². The Morgan fingerprint density at radius 3 is 2.82 bits per heavy atom. The fourth-order valence-electron chi connectivity index (χ4n) is 2.89. The average Bonchev–Trinajstić information content (AvgIpc) is 3.17. The normalized spacial score (nSPS) is 16.5. The van der Waals surface area contributed by atoms with Crippen molar-refractivity contribution in [3.8, 4) is 11.6 Å². The Kier molecular flexibility index (Phi) is 5.11. The topological polar surface area (TPSA) is 81.2 Å². The molecule has 0 radical (unpaired) electrons. The highest BCUT2D eigenvalue weighted by atomic mass is 19.3. The molecule has 1 atom stereocenters. The maximum atomic E-state index is 13.9. The molecular formula is C18H16F3N5O2. The van der Waals surface area contributed by atoms with Gasteiger partial charge in [0.15, 0.2) is 17.4 Å². The summed E-state index contributed by atoms with van der Waals surface area (Å²) >= 11 is 0. The van der Waals surface area contributed by atoms with E-state index in [9.17, 15) is 13.2 Å². The van der Waals surface area contributed by atoms with Crippen molar-refractivity contribution in [1.82, 2.24) is 20.3 Å². The summed E-state index contributed by atoms with van der Waals surface area (Å²) in [7, 11) is 0. The van der Waals surface area contributed by atoms with Crippen LogP contribution in [0.5, 0.6) is 11.6 Å². The number of pyridine rings is 1. The number of halogens is 3. The van der Waals surface area contributed by atoms with Crippen LogP contribution < -0.4 is 20.1 Å². The van der Waals surface area contributed by atoms with Crippen molar-refractivity contribution in [3.63, 3.8) is 0 Å². The smallest absolute Gasteiger partial charge is 0.387 e. The molecule has 7 nitrogen and oxygen atoms in total. The number of alkyl halides is 2. The van der Waals surface area contributed by atoms with E-state index in [1.54, 1.807) is 12.1 Å². The molecule has 28 heavy (non-hydrogen) atoms. The molecule has 0 saturated carbocycles. The first kappa shape index (κ1) is 18.2. The lowest BCUT2D eigenvalue weighted by Crippen LogP contribution is -2.20. The quantitative estimate of drug-likeness (QED) is 0.668. The number of fused-ring (bicyclic) bond motifs is 1. The third-order valence-electron chi connectivity index (χ3n) is 4.17. The monoisotopic (exact) mass is 391 g/mol. The summed E-state index contributed by atoms with van der Waals surface area (Å²) in [4.78, 5) is 12.8. The SMILES string of the molecule is Fc1cc(Nc2ncnc3ccc(O[C@H]4CCNC4)nc23)ccc1OC(F)F. The molecule has 10 heteroatoms. The van der Waals surface area contributed by atoms with Gasteiger partial charge in [-0.25, -0.2) is 19.3 Å². The highest BCUT2D eigenvalue weighted by molar-refractivity contribution is 5.87. The molecule has 1 aromatic carbocycles. The number of rotatable bonds is 6. The van der Waals surface area contributed by atoms with Gasteiger partial charge in [0.2, 0.25) is 5.88 Å². The molecule has 2 N–H and O–H groups in total. The van der Waals surface area contributed by atoms with E-state index in [1.165, 1.54) is 12.4 Å². The lowest BCUT2D eigenvalue weighted by atomic mass is 10.2. The minimum absolute atomic E-state index is 0.0439. The van der Waals surface area contributed by atoms with Crippen molar-refractivity contribution < 1.29 is 22.6 Å². The fourth-order valence-corrected chi connectivity index (χ4v) is 2.89. The Hall–Kier alpha value is -3.14. The molecule has 0 bridgehead atoms. The second kappa shape index (κ2) is 7.85. The molecule has 2 aromatic heterocycles. The number of nitrogens with one attached hydrogen (secondary N) is 2. The van der Waals surface area contributed by atoms with E-state index < -0.39 is 18.2 Å². The van der Waals surface area contributed by atoms with Gasteiger partial charge >= 0.3 is 6.61 Å². The molecule has 1 fully saturated rings. The van der Waals surface area contributed by atoms with Crippen LogP contribution in [0.1, 0.15) is 6.42 Å². The number of hydrogen-bond acceptors (Lipinski definition) is 7. The van der Waals surface area contributed by atoms with E-state index in [2.05, 4.69) is 30.3 Å². The molecule has 0 amide bonds. The summed E-state index contributed by atoms with van der Waals surface area (Å²) in [6.07, 6.45) is 2.28. The van der Waals surface area contributed by atoms with Crippen LogP contribution in [0.15, 0.2) is 36.7 Å². The van der Waals surface area contributed by atoms with Gasteiger partial charge in [0.05, 0.1) is 5.52 Å². The zero-order chi connectivity index (χ0) is 19.5. The fraction of sp³-hybridized carbons (Fsp3) is 0.278. The Labute approximate surface area is 157 Å². The van der Waals surface area contributed by atoms with E-state index >= 15 is 0 Å². The summed E-state index contributed by atoms with van der Waals surface area (Å²) < 4.78 is 48.4. The molecule has 0 aliphatic carbocycles. The first-order valence-corrected chi connectivity index (χ1v) is 8.59. The van der Waals surface area contributed by atoms with Crippen LogP contribution in [0, 0.1) is 5.82 Å². The van der Waals surface area contributed by atoms with Gasteiger partial charge in [0.25, 0.3) is 0 Å². The minimum Gasteiger partial charge on any atom is -0.473 e. The predicted molar refractivity (Wildman–Crippen MR) is 95.6 cm³/mol. The first-order valence-electron chi connectivity index (χ1n) is 8.59. The van der Waals surface area contributed by atoms with Gasteiger partial charge in [-0.2, -0.15) is 8.78 Å². The molecule has 1 aliphatic heterocycles. The largest absolute Gasteiger partial charge is 0.473 e. The summed E-state index contributed by atoms with van der Waals surface area (Å²) in [5.74, 6) is -0.686. The third-order valence-corrected chi connectivity index (χ3v) is 4.17. The molecule has 1 aliphatic rings. The molecule has 4 rings (SSSR count). The Balaban J connectivity index is 1.60. The van der Waals surface area contributed by atoms with Gasteiger partial charge in [-0.3, -0.25) is 0 Å². The number of anilines is 2. The second-order valence-electron chi connectivity index (χ2n) is 6.12. The van der Waals surface area contributed by atoms with E-state index in [0.717, 1.165) is 31.6 Å². The highest BCUT2D eigenvalue weighted by Crippen LogP contribution is 2.27. The molecule has 1 saturated heterocycles. The van der Waals surface area contributed by atoms with Crippen LogP contribution in [0.4, 0.5) is 24.7 Å². The van der Waals surface area contributed by atoms with E-state index in [0.29, 0.717) is 28.4 Å². The van der Waals surface area contributed by atoms with Crippen LogP contribution >= 0.6 is 0 Å². The van der Waals surface area contributed by atoms with Gasteiger partial charge in [-0.1, -0.05) is 0 Å². The summed E-state index contributed by atoms with van der Waals surface area (Å²) in [6, 6.07) is 7.04. The zero-order valence-corrected chi connectivity index (χ0v) is 14.5. The third kappa shape index (κ3) is 4.06. The molecule has 3 aromatic rings. The van der Waals surface area contributed by atoms with Gasteiger partial charge < -0.3 is 20.1 Å². The van der Waals surface area contributed by atoms with Crippen LogP contribution in [-0.2, 0) is 0 Å². The maximum Gasteiger partial charge on any atom is 0.387 e. The molecule has 3 heterocycles. The van der Waals surface area contributed by atoms with E-state index in [-0.39, 0.29) is 6.10 Å². The van der Waals surface area contributed by atoms with Gasteiger partial charge in [-0.05, 0) is 31.2 Å². The lowest BCUT2D eigenvalue weighted by molar-refractivity contribution is -0.0521. The second-order valence-corrected chi connectivity index (χ2v) is 6.12. The first-order chi connectivity index (χ1) is 13.6. The number of hydrogen-bond donors (Lipinski definition) is 2. The highest BCUT2D eigenvalue weighted by Gasteiger charge is 2.17. The standard InChI is InChI=1S/C18H16F3N5O2/c19-12-7-10(1-3-14(12)28-18(20)21)25-17-16-13(23-9-24-17)2-4-15(26-16)27-11-5-6-22-8-11/h1-4,7,9,11,18,22H,5-6,8H2,(H,23,24,25)/t11-/m0/s1. The van der Waals surface area contributed by atoms with Crippen molar-refractivity contribution in [2.45, 2.75) is 19.1 Å². The maximum absolute atomic E-state index is 13.9. The van der Waals surface area contributed by atoms with Crippen molar-refractivity contribution in [3.05, 3.63) is 42.5 Å². The predicted octanol–water partition coefficient (Wildman–Crippen LogP) is 3.25. The minimum atomic E-state index is -3.10. The molecule has 0 unspecified atom stereocenters. The average molecular weight is 391 g/mol. The Morgan fingerprint density at radius 1 is 1.18 bits per heavy atom. The lowest BCUT2D eigenvalue weighted by Gasteiger charge is -2.13. The Bertz CT molecular complexity index is 983. The van der Waals surface area contributed by atoms with Crippen molar-refractivity contribution >= 4 is 22.5 Å². The van der Waals surface area contributed by atoms with E-state index in [4.69, 9.17) is 4.74 Å². The number of aromatic nitrogens is 3. The summed E-state index contributed by atoms with van der Waals surface area (Å²) in [6.45, 7) is -1.45. The van der Waals surface area contributed by atoms with Crippen LogP contribution in [0.25, 0.3) is 11.0 Å². The van der Waals surface area contributed by atoms with Crippen LogP contribution in [-0.4, -0.2) is 40.8 Å². The van der Waals surface area contributed by atoms with Crippen molar-refractivity contribution in [1.29, 1.82) is 0 Å². The summed E-state index contributed by atoms with van der Waals surface area (Å²) in [5.41, 5.74) is 1.32. The van der Waals surface area contributed by atoms with Crippen molar-refractivity contribution in [2.75, 3.05) is 18.4 Å². The summed E-state index contributed by atoms with van der Waals surface area (Å²) in [5, 5.41) is 6.14. The number of nitrogens with zero attached hydrogens (tertiary/aromatic N) is 3.